The molecule has 0 bridgehead atoms. The highest BCUT2D eigenvalue weighted by atomic mass is 16.4. The molecule has 1 aliphatic carbocycles. The third-order valence-electron chi connectivity index (χ3n) is 2.38. The molecule has 0 aromatic rings. The molecule has 0 atom stereocenters. The van der Waals surface area contributed by atoms with Crippen molar-refractivity contribution in [3.05, 3.63) is 0 Å². The predicted molar refractivity (Wildman–Crippen MR) is 54.4 cm³/mol. The maximum atomic E-state index is 10.4. The third kappa shape index (κ3) is 7.30. The second kappa shape index (κ2) is 8.64. The van der Waals surface area contributed by atoms with Crippen LogP contribution in [-0.4, -0.2) is 45.7 Å². The minimum absolute atomic E-state index is 0.0289. The van der Waals surface area contributed by atoms with Crippen LogP contribution in [-0.2, 0) is 4.79 Å². The number of hydrogen-bond acceptors (Lipinski definition) is 4. The lowest BCUT2D eigenvalue weighted by atomic mass is 9.90. The van der Waals surface area contributed by atoms with Gasteiger partial charge in [0.25, 0.3) is 0 Å². The number of hydrogen-bond donors (Lipinski definition) is 4. The van der Waals surface area contributed by atoms with Gasteiger partial charge in [-0.05, 0) is 12.8 Å². The maximum Gasteiger partial charge on any atom is 0.306 e. The second-order valence-electron chi connectivity index (χ2n) is 3.69. The van der Waals surface area contributed by atoms with E-state index in [9.17, 15) is 4.79 Å². The molecule has 1 rings (SSSR count). The van der Waals surface area contributed by atoms with Crippen molar-refractivity contribution in [1.29, 1.82) is 0 Å². The molecular formula is C10H20O5. The van der Waals surface area contributed by atoms with Crippen LogP contribution in [0.1, 0.15) is 32.1 Å². The Morgan fingerprint density at radius 1 is 1.13 bits per heavy atom. The third-order valence-corrected chi connectivity index (χ3v) is 2.38. The molecule has 15 heavy (non-hydrogen) atoms. The lowest BCUT2D eigenvalue weighted by molar-refractivity contribution is -0.142. The number of carboxylic acids is 1. The molecule has 0 amide bonds. The number of carboxylic acid groups (broad SMARTS) is 1. The van der Waals surface area contributed by atoms with Crippen molar-refractivity contribution < 1.29 is 25.2 Å². The van der Waals surface area contributed by atoms with Gasteiger partial charge in [-0.1, -0.05) is 19.3 Å². The summed E-state index contributed by atoms with van der Waals surface area (Å²) < 4.78 is 0. The van der Waals surface area contributed by atoms with Crippen molar-refractivity contribution in [2.45, 2.75) is 38.2 Å². The minimum atomic E-state index is -0.954. The quantitative estimate of drug-likeness (QED) is 0.536. The number of aliphatic hydroxyl groups is 3. The number of aliphatic carboxylic acids is 1. The highest BCUT2D eigenvalue weighted by molar-refractivity contribution is 5.69. The van der Waals surface area contributed by atoms with Crippen LogP contribution in [0.25, 0.3) is 0 Å². The summed E-state index contributed by atoms with van der Waals surface area (Å²) in [5, 5.41) is 32.6. The summed E-state index contributed by atoms with van der Waals surface area (Å²) in [7, 11) is 0. The summed E-state index contributed by atoms with van der Waals surface area (Å²) in [5.74, 6) is -0.631. The normalized spacial score (nSPS) is 17.1. The van der Waals surface area contributed by atoms with Gasteiger partial charge in [0.15, 0.2) is 0 Å². The molecule has 0 saturated heterocycles. The average Bonchev–Trinajstić information content (AvgIpc) is 2.30. The molecule has 90 valence electrons. The first-order chi connectivity index (χ1) is 7.11. The molecule has 0 aromatic carbocycles. The van der Waals surface area contributed by atoms with Crippen LogP contribution >= 0.6 is 0 Å². The van der Waals surface area contributed by atoms with E-state index in [1.165, 1.54) is 6.42 Å². The first-order valence-electron chi connectivity index (χ1n) is 5.24. The number of carbonyl (C=O) groups is 1. The van der Waals surface area contributed by atoms with E-state index in [1.807, 2.05) is 0 Å². The van der Waals surface area contributed by atoms with Crippen molar-refractivity contribution in [2.75, 3.05) is 13.2 Å². The van der Waals surface area contributed by atoms with Gasteiger partial charge in [0.1, 0.15) is 6.10 Å². The largest absolute Gasteiger partial charge is 0.481 e. The van der Waals surface area contributed by atoms with Gasteiger partial charge in [-0.3, -0.25) is 4.79 Å². The van der Waals surface area contributed by atoms with Gasteiger partial charge in [-0.2, -0.15) is 0 Å². The van der Waals surface area contributed by atoms with E-state index in [1.54, 1.807) is 0 Å². The Balaban J connectivity index is 0.000000288. The molecule has 0 aliphatic heterocycles. The molecule has 1 saturated carbocycles. The summed E-state index contributed by atoms with van der Waals surface area (Å²) in [6.07, 6.45) is 4.28. The van der Waals surface area contributed by atoms with Gasteiger partial charge >= 0.3 is 5.97 Å². The van der Waals surface area contributed by atoms with Crippen molar-refractivity contribution in [1.82, 2.24) is 0 Å². The van der Waals surface area contributed by atoms with E-state index in [4.69, 9.17) is 20.4 Å². The molecule has 1 aliphatic rings. The molecular weight excluding hydrogens is 200 g/mol. The van der Waals surface area contributed by atoms with Gasteiger partial charge in [-0.15, -0.1) is 0 Å². The molecule has 1 fully saturated rings. The summed E-state index contributed by atoms with van der Waals surface area (Å²) >= 11 is 0. The maximum absolute atomic E-state index is 10.4. The van der Waals surface area contributed by atoms with E-state index in [0.717, 1.165) is 25.7 Å². The highest BCUT2D eigenvalue weighted by Gasteiger charge is 2.19. The molecule has 5 nitrogen and oxygen atoms in total. The fourth-order valence-electron chi connectivity index (χ4n) is 1.41. The molecule has 5 heteroatoms. The molecule has 0 unspecified atom stereocenters. The smallest absolute Gasteiger partial charge is 0.306 e. The topological polar surface area (TPSA) is 98.0 Å². The Kier molecular flexibility index (Phi) is 8.27. The monoisotopic (exact) mass is 220 g/mol. The van der Waals surface area contributed by atoms with Crippen molar-refractivity contribution in [3.8, 4) is 0 Å². The molecule has 0 spiro atoms. The lowest BCUT2D eigenvalue weighted by Gasteiger charge is -2.16. The van der Waals surface area contributed by atoms with Crippen LogP contribution in [0, 0.1) is 5.92 Å². The average molecular weight is 220 g/mol. The fourth-order valence-corrected chi connectivity index (χ4v) is 1.41. The van der Waals surface area contributed by atoms with Gasteiger partial charge < -0.3 is 20.4 Å². The van der Waals surface area contributed by atoms with Crippen LogP contribution in [0.3, 0.4) is 0 Å². The Morgan fingerprint density at radius 3 is 1.80 bits per heavy atom. The van der Waals surface area contributed by atoms with Crippen LogP contribution in [0.5, 0.6) is 0 Å². The molecule has 0 aromatic heterocycles. The second-order valence-corrected chi connectivity index (χ2v) is 3.69. The van der Waals surface area contributed by atoms with Gasteiger partial charge in [0.05, 0.1) is 19.1 Å². The van der Waals surface area contributed by atoms with Crippen LogP contribution in [0.15, 0.2) is 0 Å². The van der Waals surface area contributed by atoms with Gasteiger partial charge in [0, 0.05) is 0 Å². The Labute approximate surface area is 89.4 Å². The van der Waals surface area contributed by atoms with Crippen molar-refractivity contribution in [2.24, 2.45) is 5.92 Å². The minimum Gasteiger partial charge on any atom is -0.481 e. The van der Waals surface area contributed by atoms with Crippen LogP contribution in [0.2, 0.25) is 0 Å². The van der Waals surface area contributed by atoms with Crippen molar-refractivity contribution in [3.63, 3.8) is 0 Å². The Hall–Kier alpha value is -0.650. The van der Waals surface area contributed by atoms with Crippen LogP contribution in [0.4, 0.5) is 0 Å². The van der Waals surface area contributed by atoms with E-state index in [0.29, 0.717) is 0 Å². The first kappa shape index (κ1) is 14.3. The molecule has 0 heterocycles. The summed E-state index contributed by atoms with van der Waals surface area (Å²) in [6.45, 7) is -0.729. The lowest BCUT2D eigenvalue weighted by Crippen LogP contribution is -2.16. The van der Waals surface area contributed by atoms with Gasteiger partial charge in [-0.25, -0.2) is 0 Å². The zero-order valence-corrected chi connectivity index (χ0v) is 8.80. The molecule has 4 N–H and O–H groups in total. The number of aliphatic hydroxyl groups excluding tert-OH is 3. The van der Waals surface area contributed by atoms with E-state index in [-0.39, 0.29) is 19.1 Å². The van der Waals surface area contributed by atoms with Crippen molar-refractivity contribution >= 4 is 5.97 Å². The highest BCUT2D eigenvalue weighted by Crippen LogP contribution is 2.23. The zero-order valence-electron chi connectivity index (χ0n) is 8.80. The SMILES string of the molecule is O=C(O)C1CCCCC1.OCC(O)CO. The summed E-state index contributed by atoms with van der Waals surface area (Å²) in [6, 6.07) is 0. The predicted octanol–water partition coefficient (Wildman–Crippen LogP) is -0.0168. The van der Waals surface area contributed by atoms with E-state index in [2.05, 4.69) is 0 Å². The summed E-state index contributed by atoms with van der Waals surface area (Å²) in [5.41, 5.74) is 0. The number of rotatable bonds is 3. The fraction of sp³-hybridized carbons (Fsp3) is 0.900. The van der Waals surface area contributed by atoms with E-state index >= 15 is 0 Å². The first-order valence-corrected chi connectivity index (χ1v) is 5.24. The Bertz CT molecular complexity index is 161. The Morgan fingerprint density at radius 2 is 1.60 bits per heavy atom. The summed E-state index contributed by atoms with van der Waals surface area (Å²) in [4.78, 5) is 10.4. The van der Waals surface area contributed by atoms with Crippen LogP contribution < -0.4 is 0 Å². The van der Waals surface area contributed by atoms with Gasteiger partial charge in [0.2, 0.25) is 0 Å². The molecule has 0 radical (unpaired) electrons. The zero-order chi connectivity index (χ0) is 11.7. The van der Waals surface area contributed by atoms with E-state index < -0.39 is 12.1 Å². The standard InChI is InChI=1S/C7H12O2.C3H8O3/c8-7(9)6-4-2-1-3-5-6;4-1-3(6)2-5/h6H,1-5H2,(H,8,9);3-6H,1-2H2.